The van der Waals surface area contributed by atoms with Gasteiger partial charge in [0.25, 0.3) is 0 Å². The van der Waals surface area contributed by atoms with Gasteiger partial charge in [-0.1, -0.05) is 12.8 Å². The summed E-state index contributed by atoms with van der Waals surface area (Å²) in [5.74, 6) is 0.961. The second-order valence-electron chi connectivity index (χ2n) is 5.71. The molecule has 2 saturated carbocycles. The normalized spacial score (nSPS) is 29.2. The van der Waals surface area contributed by atoms with Crippen LogP contribution in [0.2, 0.25) is 0 Å². The van der Waals surface area contributed by atoms with Gasteiger partial charge in [0.15, 0.2) is 0 Å². The zero-order valence-electron chi connectivity index (χ0n) is 11.3. The van der Waals surface area contributed by atoms with E-state index in [2.05, 4.69) is 17.3 Å². The molecule has 1 N–H and O–H groups in total. The first-order valence-corrected chi connectivity index (χ1v) is 7.02. The number of hydrogen-bond donors (Lipinski definition) is 1. The van der Waals surface area contributed by atoms with Crippen molar-refractivity contribution in [3.63, 3.8) is 0 Å². The number of ether oxygens (including phenoxy) is 1. The lowest BCUT2D eigenvalue weighted by molar-refractivity contribution is -0.0740. The van der Waals surface area contributed by atoms with Crippen LogP contribution in [0.1, 0.15) is 37.8 Å². The summed E-state index contributed by atoms with van der Waals surface area (Å²) in [6.07, 6.45) is 8.65. The molecule has 3 nitrogen and oxygen atoms in total. The summed E-state index contributed by atoms with van der Waals surface area (Å²) in [6.45, 7) is 2.02. The fourth-order valence-electron chi connectivity index (χ4n) is 3.77. The third-order valence-electron chi connectivity index (χ3n) is 4.90. The molecule has 1 aromatic heterocycles. The maximum absolute atomic E-state index is 6.25. The van der Waals surface area contributed by atoms with E-state index in [1.54, 1.807) is 0 Å². The predicted octanol–water partition coefficient (Wildman–Crippen LogP) is 2.69. The van der Waals surface area contributed by atoms with Gasteiger partial charge in [0.1, 0.15) is 11.9 Å². The number of pyridine rings is 1. The van der Waals surface area contributed by atoms with Crippen LogP contribution in [0.3, 0.4) is 0 Å². The first-order chi connectivity index (χ1) is 8.76. The molecule has 2 aliphatic rings. The Morgan fingerprint density at radius 3 is 2.83 bits per heavy atom. The van der Waals surface area contributed by atoms with Gasteiger partial charge in [-0.25, -0.2) is 0 Å². The van der Waals surface area contributed by atoms with Crippen molar-refractivity contribution in [2.45, 2.75) is 51.2 Å². The molecule has 2 aliphatic carbocycles. The lowest BCUT2D eigenvalue weighted by Crippen LogP contribution is -2.63. The summed E-state index contributed by atoms with van der Waals surface area (Å²) in [6, 6.07) is 4.64. The van der Waals surface area contributed by atoms with Crippen LogP contribution in [-0.2, 0) is 0 Å². The number of rotatable bonds is 3. The molecule has 1 heterocycles. The van der Waals surface area contributed by atoms with Gasteiger partial charge in [-0.05, 0) is 38.9 Å². The lowest BCUT2D eigenvalue weighted by atomic mass is 9.60. The van der Waals surface area contributed by atoms with Crippen molar-refractivity contribution < 1.29 is 4.74 Å². The minimum Gasteiger partial charge on any atom is -0.488 e. The van der Waals surface area contributed by atoms with E-state index < -0.39 is 0 Å². The van der Waals surface area contributed by atoms with Crippen LogP contribution in [0.25, 0.3) is 0 Å². The van der Waals surface area contributed by atoms with Gasteiger partial charge in [0, 0.05) is 24.1 Å². The van der Waals surface area contributed by atoms with E-state index in [0.717, 1.165) is 17.9 Å². The predicted molar refractivity (Wildman–Crippen MR) is 71.8 cm³/mol. The standard InChI is InChI=1S/C15H22N2O/c1-11-12(6-5-9-17-11)18-14-10-13(16-2)15(14)7-3-4-8-15/h5-6,9,13-14,16H,3-4,7-8,10H2,1-2H3. The molecule has 3 rings (SSSR count). The molecule has 1 spiro atoms. The van der Waals surface area contributed by atoms with Gasteiger partial charge in [-0.2, -0.15) is 0 Å². The van der Waals surface area contributed by atoms with E-state index in [1.165, 1.54) is 25.7 Å². The molecule has 18 heavy (non-hydrogen) atoms. The minimum atomic E-state index is 0.375. The third-order valence-corrected chi connectivity index (χ3v) is 4.90. The number of nitrogens with zero attached hydrogens (tertiary/aromatic N) is 1. The Bertz CT molecular complexity index is 426. The van der Waals surface area contributed by atoms with Gasteiger partial charge in [-0.15, -0.1) is 0 Å². The zero-order valence-corrected chi connectivity index (χ0v) is 11.3. The molecular formula is C15H22N2O. The highest BCUT2D eigenvalue weighted by Gasteiger charge is 2.57. The molecule has 0 saturated heterocycles. The quantitative estimate of drug-likeness (QED) is 0.890. The smallest absolute Gasteiger partial charge is 0.140 e. The molecule has 2 unspecified atom stereocenters. The zero-order chi connectivity index (χ0) is 12.6. The van der Waals surface area contributed by atoms with Crippen molar-refractivity contribution in [1.82, 2.24) is 10.3 Å². The summed E-state index contributed by atoms with van der Waals surface area (Å²) in [5, 5.41) is 3.47. The van der Waals surface area contributed by atoms with E-state index >= 15 is 0 Å². The Kier molecular flexibility index (Phi) is 3.02. The molecule has 1 aromatic rings. The van der Waals surface area contributed by atoms with Crippen molar-refractivity contribution >= 4 is 0 Å². The van der Waals surface area contributed by atoms with Crippen LogP contribution >= 0.6 is 0 Å². The molecule has 0 aliphatic heterocycles. The van der Waals surface area contributed by atoms with E-state index in [9.17, 15) is 0 Å². The Balaban J connectivity index is 1.76. The van der Waals surface area contributed by atoms with Crippen LogP contribution in [0.5, 0.6) is 5.75 Å². The average Bonchev–Trinajstić information content (AvgIpc) is 2.88. The second kappa shape index (κ2) is 4.54. The molecule has 98 valence electrons. The van der Waals surface area contributed by atoms with Gasteiger partial charge < -0.3 is 10.1 Å². The maximum Gasteiger partial charge on any atom is 0.140 e. The van der Waals surface area contributed by atoms with Crippen LogP contribution < -0.4 is 10.1 Å². The van der Waals surface area contributed by atoms with Crippen LogP contribution in [0.15, 0.2) is 18.3 Å². The summed E-state index contributed by atoms with van der Waals surface area (Å²) >= 11 is 0. The van der Waals surface area contributed by atoms with Gasteiger partial charge in [-0.3, -0.25) is 4.98 Å². The lowest BCUT2D eigenvalue weighted by Gasteiger charge is -2.53. The van der Waals surface area contributed by atoms with E-state index in [1.807, 2.05) is 25.3 Å². The Morgan fingerprint density at radius 1 is 1.39 bits per heavy atom. The number of nitrogens with one attached hydrogen (secondary N) is 1. The fraction of sp³-hybridized carbons (Fsp3) is 0.667. The summed E-state index contributed by atoms with van der Waals surface area (Å²) < 4.78 is 6.25. The molecule has 0 aromatic carbocycles. The molecule has 0 amide bonds. The van der Waals surface area contributed by atoms with Crippen molar-refractivity contribution in [1.29, 1.82) is 0 Å². The monoisotopic (exact) mass is 246 g/mol. The molecular weight excluding hydrogens is 224 g/mol. The van der Waals surface area contributed by atoms with Crippen molar-refractivity contribution in [2.75, 3.05) is 7.05 Å². The number of aromatic nitrogens is 1. The highest BCUT2D eigenvalue weighted by Crippen LogP contribution is 2.54. The van der Waals surface area contributed by atoms with E-state index in [-0.39, 0.29) is 0 Å². The molecule has 0 bridgehead atoms. The number of aryl methyl sites for hydroxylation is 1. The third kappa shape index (κ3) is 1.72. The molecule has 2 atom stereocenters. The average molecular weight is 246 g/mol. The summed E-state index contributed by atoms with van der Waals surface area (Å²) in [7, 11) is 2.08. The Hall–Kier alpha value is -1.09. The summed E-state index contributed by atoms with van der Waals surface area (Å²) in [4.78, 5) is 4.30. The highest BCUT2D eigenvalue weighted by atomic mass is 16.5. The molecule has 2 fully saturated rings. The Labute approximate surface area is 109 Å². The van der Waals surface area contributed by atoms with E-state index in [0.29, 0.717) is 17.6 Å². The van der Waals surface area contributed by atoms with Crippen molar-refractivity contribution in [3.05, 3.63) is 24.0 Å². The minimum absolute atomic E-state index is 0.375. The summed E-state index contributed by atoms with van der Waals surface area (Å²) in [5.41, 5.74) is 1.38. The van der Waals surface area contributed by atoms with Gasteiger partial charge in [0.05, 0.1) is 5.69 Å². The second-order valence-corrected chi connectivity index (χ2v) is 5.71. The number of hydrogen-bond acceptors (Lipinski definition) is 3. The maximum atomic E-state index is 6.25. The molecule has 0 radical (unpaired) electrons. The van der Waals surface area contributed by atoms with Crippen molar-refractivity contribution in [3.8, 4) is 5.75 Å². The van der Waals surface area contributed by atoms with Crippen LogP contribution in [0, 0.1) is 12.3 Å². The largest absolute Gasteiger partial charge is 0.488 e. The highest BCUT2D eigenvalue weighted by molar-refractivity contribution is 5.27. The first-order valence-electron chi connectivity index (χ1n) is 7.02. The van der Waals surface area contributed by atoms with Crippen molar-refractivity contribution in [2.24, 2.45) is 5.41 Å². The Morgan fingerprint density at radius 2 is 2.17 bits per heavy atom. The molecule has 3 heteroatoms. The van der Waals surface area contributed by atoms with Crippen LogP contribution in [-0.4, -0.2) is 24.2 Å². The van der Waals surface area contributed by atoms with Gasteiger partial charge >= 0.3 is 0 Å². The van der Waals surface area contributed by atoms with Gasteiger partial charge in [0.2, 0.25) is 0 Å². The van der Waals surface area contributed by atoms with E-state index in [4.69, 9.17) is 4.74 Å². The fourth-order valence-corrected chi connectivity index (χ4v) is 3.77. The topological polar surface area (TPSA) is 34.1 Å². The first kappa shape index (κ1) is 12.0. The SMILES string of the molecule is CNC1CC(Oc2cccnc2C)C12CCCC2. The van der Waals surface area contributed by atoms with Crippen LogP contribution in [0.4, 0.5) is 0 Å².